The third-order valence-corrected chi connectivity index (χ3v) is 5.66. The molecule has 1 atom stereocenters. The number of carbonyl (C=O) groups is 1. The number of pyridine rings is 1. The SMILES string of the molecule is O=C1C(Cc2cccc([N+](=O)[O-])c2)S/C(=N/N=C/c2cccnc2)N1Cc1ccco1. The molecule has 0 N–H and O–H groups in total. The van der Waals surface area contributed by atoms with Crippen molar-refractivity contribution in [3.05, 3.63) is 94.2 Å². The first-order valence-corrected chi connectivity index (χ1v) is 10.2. The van der Waals surface area contributed by atoms with Gasteiger partial charge in [-0.3, -0.25) is 24.8 Å². The minimum absolute atomic E-state index is 0.00431. The van der Waals surface area contributed by atoms with E-state index in [0.717, 1.165) is 5.56 Å². The number of nitrogens with zero attached hydrogens (tertiary/aromatic N) is 5. The van der Waals surface area contributed by atoms with E-state index in [2.05, 4.69) is 15.2 Å². The fraction of sp³-hybridized carbons (Fsp3) is 0.143. The van der Waals surface area contributed by atoms with Crippen LogP contribution in [0.4, 0.5) is 5.69 Å². The van der Waals surface area contributed by atoms with Gasteiger partial charge in [-0.05, 0) is 30.2 Å². The number of amidine groups is 1. The summed E-state index contributed by atoms with van der Waals surface area (Å²) in [7, 11) is 0. The number of rotatable bonds is 7. The molecule has 3 heterocycles. The Hall–Kier alpha value is -3.79. The van der Waals surface area contributed by atoms with Crippen molar-refractivity contribution in [3.8, 4) is 0 Å². The van der Waals surface area contributed by atoms with Crippen LogP contribution in [0.2, 0.25) is 0 Å². The van der Waals surface area contributed by atoms with Crippen molar-refractivity contribution >= 4 is 34.7 Å². The standard InChI is InChI=1S/C21H17N5O4S/c27-20-19(11-15-4-1-6-17(10-15)26(28)29)31-21(25(20)14-18-7-3-9-30-18)24-23-13-16-5-2-8-22-12-16/h1-10,12-13,19H,11,14H2/b23-13+,24-21+. The van der Waals surface area contributed by atoms with E-state index in [1.807, 2.05) is 6.07 Å². The Morgan fingerprint density at radius 2 is 2.16 bits per heavy atom. The molecule has 2 aromatic heterocycles. The summed E-state index contributed by atoms with van der Waals surface area (Å²) in [6.07, 6.45) is 6.76. The maximum Gasteiger partial charge on any atom is 0.269 e. The number of amides is 1. The van der Waals surface area contributed by atoms with E-state index in [9.17, 15) is 14.9 Å². The maximum absolute atomic E-state index is 13.1. The number of hydrogen-bond donors (Lipinski definition) is 0. The Morgan fingerprint density at radius 3 is 2.90 bits per heavy atom. The molecule has 0 saturated carbocycles. The molecule has 156 valence electrons. The average Bonchev–Trinajstić information content (AvgIpc) is 3.39. The van der Waals surface area contributed by atoms with Gasteiger partial charge in [-0.25, -0.2) is 0 Å². The Balaban J connectivity index is 1.56. The topological polar surface area (TPSA) is 114 Å². The molecule has 10 heteroatoms. The van der Waals surface area contributed by atoms with Crippen molar-refractivity contribution in [2.24, 2.45) is 10.2 Å². The van der Waals surface area contributed by atoms with Gasteiger partial charge in [0.25, 0.3) is 5.69 Å². The second-order valence-corrected chi connectivity index (χ2v) is 7.82. The zero-order valence-corrected chi connectivity index (χ0v) is 17.0. The average molecular weight is 435 g/mol. The van der Waals surface area contributed by atoms with E-state index in [1.54, 1.807) is 55.2 Å². The predicted octanol–water partition coefficient (Wildman–Crippen LogP) is 3.66. The first-order chi connectivity index (χ1) is 15.1. The van der Waals surface area contributed by atoms with Gasteiger partial charge in [0.05, 0.1) is 29.2 Å². The summed E-state index contributed by atoms with van der Waals surface area (Å²) in [4.78, 5) is 29.2. The lowest BCUT2D eigenvalue weighted by atomic mass is 10.1. The molecule has 1 amide bonds. The molecule has 1 aliphatic heterocycles. The third-order valence-electron chi connectivity index (χ3n) is 4.49. The highest BCUT2D eigenvalue weighted by atomic mass is 32.2. The Kier molecular flexibility index (Phi) is 6.18. The number of hydrogen-bond acceptors (Lipinski definition) is 8. The number of carbonyl (C=O) groups excluding carboxylic acids is 1. The minimum Gasteiger partial charge on any atom is -0.467 e. The molecule has 0 radical (unpaired) electrons. The van der Waals surface area contributed by atoms with Gasteiger partial charge in [0, 0.05) is 30.1 Å². The zero-order valence-electron chi connectivity index (χ0n) is 16.2. The largest absolute Gasteiger partial charge is 0.467 e. The predicted molar refractivity (Wildman–Crippen MR) is 117 cm³/mol. The van der Waals surface area contributed by atoms with Gasteiger partial charge in [-0.2, -0.15) is 5.10 Å². The minimum atomic E-state index is -0.468. The van der Waals surface area contributed by atoms with E-state index in [4.69, 9.17) is 4.42 Å². The van der Waals surface area contributed by atoms with Crippen molar-refractivity contribution in [2.75, 3.05) is 0 Å². The van der Waals surface area contributed by atoms with E-state index in [1.165, 1.54) is 28.8 Å². The van der Waals surface area contributed by atoms with Crippen LogP contribution < -0.4 is 0 Å². The van der Waals surface area contributed by atoms with Crippen molar-refractivity contribution in [1.82, 2.24) is 9.88 Å². The molecule has 0 bridgehead atoms. The Labute approximate surface area is 181 Å². The number of thioether (sulfide) groups is 1. The van der Waals surface area contributed by atoms with Gasteiger partial charge < -0.3 is 4.42 Å². The lowest BCUT2D eigenvalue weighted by Crippen LogP contribution is -2.32. The van der Waals surface area contributed by atoms with Crippen LogP contribution in [0.3, 0.4) is 0 Å². The molecule has 3 aromatic rings. The van der Waals surface area contributed by atoms with Crippen LogP contribution in [-0.2, 0) is 17.8 Å². The number of nitro groups is 1. The number of nitro benzene ring substituents is 1. The number of benzene rings is 1. The van der Waals surface area contributed by atoms with Gasteiger partial charge >= 0.3 is 0 Å². The Bertz CT molecular complexity index is 1130. The van der Waals surface area contributed by atoms with Gasteiger partial charge in [0.1, 0.15) is 5.76 Å². The van der Waals surface area contributed by atoms with Crippen LogP contribution in [0, 0.1) is 10.1 Å². The number of aromatic nitrogens is 1. The first kappa shape index (κ1) is 20.5. The summed E-state index contributed by atoms with van der Waals surface area (Å²) >= 11 is 1.28. The lowest BCUT2D eigenvalue weighted by molar-refractivity contribution is -0.384. The monoisotopic (exact) mass is 435 g/mol. The molecule has 4 rings (SSSR count). The van der Waals surface area contributed by atoms with E-state index >= 15 is 0 Å². The van der Waals surface area contributed by atoms with Crippen LogP contribution in [-0.4, -0.2) is 37.3 Å². The molecule has 0 aliphatic carbocycles. The normalized spacial score (nSPS) is 17.7. The third kappa shape index (κ3) is 5.04. The summed E-state index contributed by atoms with van der Waals surface area (Å²) in [5, 5.41) is 19.4. The molecule has 1 aliphatic rings. The van der Waals surface area contributed by atoms with Gasteiger partial charge in [0.2, 0.25) is 5.91 Å². The molecule has 1 aromatic carbocycles. The van der Waals surface area contributed by atoms with Gasteiger partial charge in [0.15, 0.2) is 5.17 Å². The first-order valence-electron chi connectivity index (χ1n) is 9.35. The van der Waals surface area contributed by atoms with Gasteiger partial charge in [-0.15, -0.1) is 5.10 Å². The van der Waals surface area contributed by atoms with E-state index in [0.29, 0.717) is 22.9 Å². The fourth-order valence-corrected chi connectivity index (χ4v) is 4.16. The zero-order chi connectivity index (χ0) is 21.6. The highest BCUT2D eigenvalue weighted by Gasteiger charge is 2.38. The van der Waals surface area contributed by atoms with E-state index in [-0.39, 0.29) is 18.1 Å². The summed E-state index contributed by atoms with van der Waals surface area (Å²) in [5.74, 6) is 0.470. The second kappa shape index (κ2) is 9.35. The molecule has 1 unspecified atom stereocenters. The van der Waals surface area contributed by atoms with Crippen molar-refractivity contribution in [3.63, 3.8) is 0 Å². The van der Waals surface area contributed by atoms with Crippen molar-refractivity contribution < 1.29 is 14.1 Å². The summed E-state index contributed by atoms with van der Waals surface area (Å²) in [6.45, 7) is 0.228. The molecular weight excluding hydrogens is 418 g/mol. The molecule has 31 heavy (non-hydrogen) atoms. The van der Waals surface area contributed by atoms with Crippen molar-refractivity contribution in [2.45, 2.75) is 18.2 Å². The summed E-state index contributed by atoms with van der Waals surface area (Å²) in [5.41, 5.74) is 1.49. The molecule has 1 fully saturated rings. The van der Waals surface area contributed by atoms with Crippen LogP contribution in [0.25, 0.3) is 0 Å². The Morgan fingerprint density at radius 1 is 1.26 bits per heavy atom. The second-order valence-electron chi connectivity index (χ2n) is 6.65. The summed E-state index contributed by atoms with van der Waals surface area (Å²) < 4.78 is 5.38. The van der Waals surface area contributed by atoms with Crippen LogP contribution >= 0.6 is 11.8 Å². The highest BCUT2D eigenvalue weighted by Crippen LogP contribution is 2.32. The fourth-order valence-electron chi connectivity index (χ4n) is 3.03. The molecule has 9 nitrogen and oxygen atoms in total. The number of non-ortho nitro benzene ring substituents is 1. The van der Waals surface area contributed by atoms with E-state index < -0.39 is 10.2 Å². The number of furan rings is 1. The smallest absolute Gasteiger partial charge is 0.269 e. The maximum atomic E-state index is 13.1. The molecule has 1 saturated heterocycles. The summed E-state index contributed by atoms with van der Waals surface area (Å²) in [6, 6.07) is 13.5. The van der Waals surface area contributed by atoms with Crippen LogP contribution in [0.5, 0.6) is 0 Å². The molecular formula is C21H17N5O4S. The van der Waals surface area contributed by atoms with Crippen molar-refractivity contribution in [1.29, 1.82) is 0 Å². The lowest BCUT2D eigenvalue weighted by Gasteiger charge is -2.14. The quantitative estimate of drug-likeness (QED) is 0.318. The van der Waals surface area contributed by atoms with Crippen LogP contribution in [0.1, 0.15) is 16.9 Å². The molecule has 0 spiro atoms. The highest BCUT2D eigenvalue weighted by molar-refractivity contribution is 8.15. The van der Waals surface area contributed by atoms with Gasteiger partial charge in [-0.1, -0.05) is 30.0 Å². The van der Waals surface area contributed by atoms with Crippen LogP contribution in [0.15, 0.2) is 81.8 Å².